The molecule has 0 bridgehead atoms. The average Bonchev–Trinajstić information content (AvgIpc) is 3.33. The Kier molecular flexibility index (Phi) is 5.86. The maximum Gasteiger partial charge on any atom is 1.00 e. The van der Waals surface area contributed by atoms with Gasteiger partial charge >= 0.3 is 47.5 Å². The van der Waals surface area contributed by atoms with Crippen LogP contribution in [0.5, 0.6) is 0 Å². The van der Waals surface area contributed by atoms with E-state index in [2.05, 4.69) is 0 Å². The normalized spacial score (nSPS) is 11.0. The Morgan fingerprint density at radius 2 is 0.926 bits per heavy atom. The van der Waals surface area contributed by atoms with Gasteiger partial charge in [0.15, 0.2) is 16.5 Å². The van der Waals surface area contributed by atoms with Crippen molar-refractivity contribution < 1.29 is 78.5 Å². The number of carboxylic acid groups (broad SMARTS) is 3. The van der Waals surface area contributed by atoms with Crippen molar-refractivity contribution in [3.05, 3.63) is 53.7 Å². The van der Waals surface area contributed by atoms with Crippen LogP contribution in [0.2, 0.25) is 0 Å². The Labute approximate surface area is 173 Å². The second-order valence-corrected chi connectivity index (χ2v) is 7.48. The quantitative estimate of drug-likeness (QED) is 0.319. The van der Waals surface area contributed by atoms with E-state index in [0.717, 1.165) is 36.4 Å². The van der Waals surface area contributed by atoms with E-state index in [1.54, 1.807) is 0 Å². The van der Waals surface area contributed by atoms with Gasteiger partial charge in [0.25, 0.3) is 7.14 Å². The Morgan fingerprint density at radius 1 is 0.667 bits per heavy atom. The summed E-state index contributed by atoms with van der Waals surface area (Å²) in [5.74, 6) is -5.81. The molecule has 0 saturated carbocycles. The maximum absolute atomic E-state index is 13.7. The first-order valence-corrected chi connectivity index (χ1v) is 8.55. The second-order valence-electron chi connectivity index (χ2n) is 4.94. The molecule has 3 rings (SSSR count). The summed E-state index contributed by atoms with van der Waals surface area (Å²) in [5.41, 5.74) is -1.10. The van der Waals surface area contributed by atoms with Crippen molar-refractivity contribution in [3.63, 3.8) is 0 Å². The molecular weight excluding hydrogens is 394 g/mol. The number of carbonyl (C=O) groups is 3. The van der Waals surface area contributed by atoms with E-state index in [9.17, 15) is 18.9 Å². The molecule has 3 N–H and O–H groups in total. The molecule has 0 radical (unpaired) electrons. The number of carboxylic acids is 3. The Morgan fingerprint density at radius 3 is 1.11 bits per heavy atom. The molecule has 3 aromatic rings. The van der Waals surface area contributed by atoms with Crippen LogP contribution in [0, 0.1) is 0 Å². The summed E-state index contributed by atoms with van der Waals surface area (Å²) in [6.45, 7) is 0. The molecule has 0 atom stereocenters. The second kappa shape index (κ2) is 7.61. The Balaban J connectivity index is 0.00000196. The van der Waals surface area contributed by atoms with Crippen molar-refractivity contribution in [2.24, 2.45) is 0 Å². The van der Waals surface area contributed by atoms with E-state index in [0.29, 0.717) is 0 Å². The summed E-state index contributed by atoms with van der Waals surface area (Å²) in [7, 11) is -4.12. The van der Waals surface area contributed by atoms with Gasteiger partial charge in [0.2, 0.25) is 17.3 Å². The zero-order valence-corrected chi connectivity index (χ0v) is 16.5. The standard InChI is InChI=1S/C15H9O10P.Na.H/c16-13(17)7-1-4-10(23-7)26(22,11-5-2-8(24-11)14(18)19)12-6-3-9(25-12)15(20)21;;/h1-6H,(H,16,17)(H,18,19)(H,20,21);;/q;+1;-1. The van der Waals surface area contributed by atoms with Crippen molar-refractivity contribution >= 4 is 41.6 Å². The number of furan rings is 3. The fraction of sp³-hybridized carbons (Fsp3) is 0. The molecule has 0 aliphatic carbocycles. The first-order valence-electron chi connectivity index (χ1n) is 6.84. The molecule has 0 fully saturated rings. The number of rotatable bonds is 6. The predicted octanol–water partition coefficient (Wildman–Crippen LogP) is -1.68. The molecule has 27 heavy (non-hydrogen) atoms. The van der Waals surface area contributed by atoms with Crippen LogP contribution >= 0.6 is 7.14 Å². The first-order chi connectivity index (χ1) is 12.2. The number of aromatic carboxylic acids is 3. The Hall–Kier alpha value is -2.52. The maximum atomic E-state index is 13.7. The van der Waals surface area contributed by atoms with Crippen molar-refractivity contribution in [2.75, 3.05) is 0 Å². The molecule has 3 aromatic heterocycles. The van der Waals surface area contributed by atoms with Crippen LogP contribution in [-0.4, -0.2) is 33.2 Å². The first kappa shape index (κ1) is 20.8. The van der Waals surface area contributed by atoms with Crippen LogP contribution < -0.4 is 46.1 Å². The van der Waals surface area contributed by atoms with E-state index in [4.69, 9.17) is 28.6 Å². The van der Waals surface area contributed by atoms with Gasteiger partial charge in [0.05, 0.1) is 0 Å². The molecule has 0 saturated heterocycles. The SMILES string of the molecule is O=C(O)c1ccc(P(=O)(c2ccc(C(=O)O)o2)c2ccc(C(=O)O)o2)o1.[H-].[Na+]. The molecule has 0 aliphatic rings. The summed E-state index contributed by atoms with van der Waals surface area (Å²) in [4.78, 5) is 33.0. The van der Waals surface area contributed by atoms with Crippen LogP contribution in [0.4, 0.5) is 0 Å². The van der Waals surface area contributed by atoms with E-state index < -0.39 is 42.3 Å². The monoisotopic (exact) mass is 404 g/mol. The summed E-state index contributed by atoms with van der Waals surface area (Å²) in [6.07, 6.45) is 0. The van der Waals surface area contributed by atoms with Crippen LogP contribution in [0.1, 0.15) is 33.1 Å². The largest absolute Gasteiger partial charge is 1.00 e. The predicted molar refractivity (Wildman–Crippen MR) is 84.6 cm³/mol. The summed E-state index contributed by atoms with van der Waals surface area (Å²) in [5, 5.41) is 26.9. The average molecular weight is 404 g/mol. The van der Waals surface area contributed by atoms with Gasteiger partial charge < -0.3 is 30.0 Å². The van der Waals surface area contributed by atoms with E-state index in [1.807, 2.05) is 0 Å². The molecule has 136 valence electrons. The number of hydrogen-bond donors (Lipinski definition) is 3. The minimum absolute atomic E-state index is 0. The molecule has 3 heterocycles. The third-order valence-corrected chi connectivity index (χ3v) is 5.92. The molecule has 0 spiro atoms. The molecule has 0 unspecified atom stereocenters. The van der Waals surface area contributed by atoms with Crippen LogP contribution in [0.3, 0.4) is 0 Å². The third-order valence-electron chi connectivity index (χ3n) is 3.34. The van der Waals surface area contributed by atoms with Crippen molar-refractivity contribution in [3.8, 4) is 0 Å². The van der Waals surface area contributed by atoms with Gasteiger partial charge in [0.1, 0.15) is 0 Å². The van der Waals surface area contributed by atoms with E-state index in [1.165, 1.54) is 0 Å². The van der Waals surface area contributed by atoms with Crippen LogP contribution in [-0.2, 0) is 4.57 Å². The zero-order valence-electron chi connectivity index (χ0n) is 14.6. The van der Waals surface area contributed by atoms with Crippen molar-refractivity contribution in [1.29, 1.82) is 0 Å². The van der Waals surface area contributed by atoms with Crippen LogP contribution in [0.15, 0.2) is 49.6 Å². The van der Waals surface area contributed by atoms with Gasteiger partial charge in [-0.1, -0.05) is 0 Å². The fourth-order valence-electron chi connectivity index (χ4n) is 2.16. The van der Waals surface area contributed by atoms with Gasteiger partial charge in [-0.15, -0.1) is 0 Å². The molecule has 0 aliphatic heterocycles. The molecule has 0 aromatic carbocycles. The topological polar surface area (TPSA) is 168 Å². The van der Waals surface area contributed by atoms with Gasteiger partial charge in [-0.05, 0) is 36.4 Å². The van der Waals surface area contributed by atoms with Crippen molar-refractivity contribution in [2.45, 2.75) is 0 Å². The zero-order chi connectivity index (χ0) is 19.1. The minimum Gasteiger partial charge on any atom is -1.00 e. The van der Waals surface area contributed by atoms with E-state index in [-0.39, 0.29) is 47.5 Å². The Bertz CT molecular complexity index is 944. The van der Waals surface area contributed by atoms with Gasteiger partial charge in [0, 0.05) is 0 Å². The molecular formula is C15H10NaO10P. The molecule has 12 heteroatoms. The third kappa shape index (κ3) is 3.65. The van der Waals surface area contributed by atoms with Crippen LogP contribution in [0.25, 0.3) is 0 Å². The summed E-state index contributed by atoms with van der Waals surface area (Å²) >= 11 is 0. The van der Waals surface area contributed by atoms with E-state index >= 15 is 0 Å². The minimum atomic E-state index is -4.12. The molecule has 0 amide bonds. The van der Waals surface area contributed by atoms with Gasteiger partial charge in [-0.3, -0.25) is 4.57 Å². The summed E-state index contributed by atoms with van der Waals surface area (Å²) in [6, 6.07) is 6.47. The molecule has 10 nitrogen and oxygen atoms in total. The van der Waals surface area contributed by atoms with Crippen molar-refractivity contribution in [1.82, 2.24) is 0 Å². The van der Waals surface area contributed by atoms with Gasteiger partial charge in [-0.2, -0.15) is 0 Å². The van der Waals surface area contributed by atoms with Gasteiger partial charge in [-0.25, -0.2) is 14.4 Å². The summed E-state index contributed by atoms with van der Waals surface area (Å²) < 4.78 is 28.9. The fourth-order valence-corrected chi connectivity index (χ4v) is 4.35. The smallest absolute Gasteiger partial charge is 1.00 e. The number of hydrogen-bond acceptors (Lipinski definition) is 7.